The van der Waals surface area contributed by atoms with Gasteiger partial charge in [-0.2, -0.15) is 4.98 Å². The summed E-state index contributed by atoms with van der Waals surface area (Å²) in [7, 11) is 2.14. The molecule has 0 atom stereocenters. The van der Waals surface area contributed by atoms with Crippen LogP contribution in [0, 0.1) is 6.92 Å². The highest BCUT2D eigenvalue weighted by molar-refractivity contribution is 5.86. The summed E-state index contributed by atoms with van der Waals surface area (Å²) >= 11 is 0. The summed E-state index contributed by atoms with van der Waals surface area (Å²) in [4.78, 5) is 28.5. The van der Waals surface area contributed by atoms with Crippen molar-refractivity contribution in [3.05, 3.63) is 30.4 Å². The van der Waals surface area contributed by atoms with Crippen LogP contribution >= 0.6 is 0 Å². The van der Waals surface area contributed by atoms with E-state index < -0.39 is 0 Å². The Hall–Kier alpha value is -2.94. The lowest BCUT2D eigenvalue weighted by molar-refractivity contribution is 0.122. The van der Waals surface area contributed by atoms with Crippen LogP contribution in [0.25, 0.3) is 11.0 Å². The van der Waals surface area contributed by atoms with Crippen LogP contribution in [0.3, 0.4) is 0 Å². The largest absolute Gasteiger partial charge is 0.378 e. The van der Waals surface area contributed by atoms with Gasteiger partial charge in [0.1, 0.15) is 17.7 Å². The minimum Gasteiger partial charge on any atom is -0.378 e. The molecule has 0 unspecified atom stereocenters. The van der Waals surface area contributed by atoms with E-state index in [9.17, 15) is 0 Å². The number of morpholine rings is 1. The van der Waals surface area contributed by atoms with Crippen molar-refractivity contribution < 1.29 is 4.74 Å². The maximum Gasteiger partial charge on any atom is 0.227 e. The van der Waals surface area contributed by atoms with E-state index in [0.29, 0.717) is 6.04 Å². The third-order valence-electron chi connectivity index (χ3n) is 6.13. The van der Waals surface area contributed by atoms with Gasteiger partial charge in [0.25, 0.3) is 0 Å². The summed E-state index contributed by atoms with van der Waals surface area (Å²) in [5, 5.41) is 0. The van der Waals surface area contributed by atoms with Crippen molar-refractivity contribution in [1.29, 1.82) is 0 Å². The minimum absolute atomic E-state index is 0.441. The Balaban J connectivity index is 1.27. The molecule has 0 spiro atoms. The molecule has 2 fully saturated rings. The molecule has 2 aliphatic rings. The number of piperidine rings is 1. The third kappa shape index (κ3) is 3.65. The van der Waals surface area contributed by atoms with Crippen molar-refractivity contribution >= 4 is 28.6 Å². The van der Waals surface area contributed by atoms with Crippen LogP contribution in [0.2, 0.25) is 0 Å². The number of rotatable bonds is 4. The van der Waals surface area contributed by atoms with E-state index in [1.54, 1.807) is 6.33 Å². The number of fused-ring (bicyclic) bond motifs is 1. The third-order valence-corrected chi connectivity index (χ3v) is 6.13. The van der Waals surface area contributed by atoms with Crippen LogP contribution in [0.5, 0.6) is 0 Å². The second kappa shape index (κ2) is 8.06. The maximum atomic E-state index is 5.45. The number of aromatic nitrogens is 5. The molecule has 1 N–H and O–H groups in total. The van der Waals surface area contributed by atoms with Gasteiger partial charge in [-0.15, -0.1) is 0 Å². The fraction of sp³-hybridized carbons (Fsp3) is 0.524. The van der Waals surface area contributed by atoms with Gasteiger partial charge in [0.05, 0.1) is 18.7 Å². The molecule has 9 nitrogen and oxygen atoms in total. The molecule has 0 aliphatic carbocycles. The van der Waals surface area contributed by atoms with Crippen molar-refractivity contribution in [2.45, 2.75) is 25.8 Å². The van der Waals surface area contributed by atoms with Crippen LogP contribution in [0.1, 0.15) is 18.5 Å². The van der Waals surface area contributed by atoms with Gasteiger partial charge in [0.15, 0.2) is 5.82 Å². The van der Waals surface area contributed by atoms with Crippen LogP contribution in [-0.4, -0.2) is 77.4 Å². The zero-order chi connectivity index (χ0) is 20.5. The molecule has 5 heterocycles. The smallest absolute Gasteiger partial charge is 0.227 e. The Labute approximate surface area is 176 Å². The Bertz CT molecular complexity index is 1010. The quantitative estimate of drug-likeness (QED) is 0.702. The van der Waals surface area contributed by atoms with E-state index in [1.165, 1.54) is 0 Å². The second-order valence-corrected chi connectivity index (χ2v) is 8.05. The highest BCUT2D eigenvalue weighted by atomic mass is 16.5. The standard InChI is InChI=1S/C21H28N8O/c1-15-13-17-19(25-15)20(24-14-23-17)28-7-4-16(5-8-28)27(2)18-3-6-22-21(26-18)29-9-11-30-12-10-29/h3,6,13-14,16,25H,4-5,7-12H2,1-2H3. The summed E-state index contributed by atoms with van der Waals surface area (Å²) in [6.45, 7) is 7.13. The second-order valence-electron chi connectivity index (χ2n) is 8.05. The molecule has 0 radical (unpaired) electrons. The van der Waals surface area contributed by atoms with E-state index >= 15 is 0 Å². The number of ether oxygens (including phenoxy) is 1. The Morgan fingerprint density at radius 3 is 2.67 bits per heavy atom. The Morgan fingerprint density at radius 1 is 1.07 bits per heavy atom. The molecule has 9 heteroatoms. The first-order valence-corrected chi connectivity index (χ1v) is 10.6. The molecular weight excluding hydrogens is 380 g/mol. The average Bonchev–Trinajstić information content (AvgIpc) is 3.19. The average molecular weight is 409 g/mol. The van der Waals surface area contributed by atoms with Crippen molar-refractivity contribution in [1.82, 2.24) is 24.9 Å². The van der Waals surface area contributed by atoms with Gasteiger partial charge >= 0.3 is 0 Å². The lowest BCUT2D eigenvalue weighted by atomic mass is 10.0. The summed E-state index contributed by atoms with van der Waals surface area (Å²) in [6, 6.07) is 4.52. The molecule has 3 aromatic heterocycles. The predicted octanol–water partition coefficient (Wildman–Crippen LogP) is 2.00. The number of anilines is 3. The Kier molecular flexibility index (Phi) is 5.12. The number of aromatic amines is 1. The van der Waals surface area contributed by atoms with Gasteiger partial charge in [0.2, 0.25) is 5.95 Å². The lowest BCUT2D eigenvalue weighted by Gasteiger charge is -2.38. The van der Waals surface area contributed by atoms with Crippen LogP contribution in [0.15, 0.2) is 24.7 Å². The molecule has 2 aliphatic heterocycles. The molecule has 0 bridgehead atoms. The molecule has 0 saturated carbocycles. The molecule has 2 saturated heterocycles. The molecule has 30 heavy (non-hydrogen) atoms. The van der Waals surface area contributed by atoms with Crippen LogP contribution in [0.4, 0.5) is 17.6 Å². The van der Waals surface area contributed by atoms with E-state index in [2.05, 4.69) is 54.7 Å². The monoisotopic (exact) mass is 408 g/mol. The fourth-order valence-corrected chi connectivity index (χ4v) is 4.40. The summed E-state index contributed by atoms with van der Waals surface area (Å²) < 4.78 is 5.45. The van der Waals surface area contributed by atoms with Crippen molar-refractivity contribution in [2.75, 3.05) is 61.1 Å². The normalized spacial score (nSPS) is 18.2. The van der Waals surface area contributed by atoms with Crippen LogP contribution in [-0.2, 0) is 4.74 Å². The predicted molar refractivity (Wildman–Crippen MR) is 117 cm³/mol. The number of hydrogen-bond acceptors (Lipinski definition) is 8. The SMILES string of the molecule is Cc1cc2ncnc(N3CCC(N(C)c4ccnc(N5CCOCC5)n4)CC3)c2[nH]1. The first kappa shape index (κ1) is 19.0. The maximum absolute atomic E-state index is 5.45. The van der Waals surface area contributed by atoms with E-state index in [-0.39, 0.29) is 0 Å². The van der Waals surface area contributed by atoms with Crippen molar-refractivity contribution in [2.24, 2.45) is 0 Å². The van der Waals surface area contributed by atoms with E-state index in [1.807, 2.05) is 12.3 Å². The lowest BCUT2D eigenvalue weighted by Crippen LogP contribution is -2.44. The number of H-pyrrole nitrogens is 1. The van der Waals surface area contributed by atoms with Crippen molar-refractivity contribution in [3.63, 3.8) is 0 Å². The molecular formula is C21H28N8O. The zero-order valence-corrected chi connectivity index (χ0v) is 17.6. The van der Waals surface area contributed by atoms with Crippen LogP contribution < -0.4 is 14.7 Å². The first-order chi connectivity index (χ1) is 14.7. The molecule has 5 rings (SSSR count). The highest BCUT2D eigenvalue weighted by Crippen LogP contribution is 2.28. The van der Waals surface area contributed by atoms with Gasteiger partial charge in [-0.25, -0.2) is 15.0 Å². The van der Waals surface area contributed by atoms with E-state index in [4.69, 9.17) is 9.72 Å². The van der Waals surface area contributed by atoms with Gasteiger partial charge < -0.3 is 24.4 Å². The minimum atomic E-state index is 0.441. The molecule has 3 aromatic rings. The van der Waals surface area contributed by atoms with Gasteiger partial charge in [0, 0.05) is 51.2 Å². The molecule has 0 aromatic carbocycles. The van der Waals surface area contributed by atoms with Gasteiger partial charge in [-0.3, -0.25) is 0 Å². The van der Waals surface area contributed by atoms with Gasteiger partial charge in [-0.05, 0) is 31.9 Å². The number of nitrogens with one attached hydrogen (secondary N) is 1. The number of hydrogen-bond donors (Lipinski definition) is 1. The highest BCUT2D eigenvalue weighted by Gasteiger charge is 2.26. The van der Waals surface area contributed by atoms with Gasteiger partial charge in [-0.1, -0.05) is 0 Å². The molecule has 0 amide bonds. The van der Waals surface area contributed by atoms with Crippen molar-refractivity contribution in [3.8, 4) is 0 Å². The zero-order valence-electron chi connectivity index (χ0n) is 17.6. The summed E-state index contributed by atoms with van der Waals surface area (Å²) in [5.41, 5.74) is 3.13. The first-order valence-electron chi connectivity index (χ1n) is 10.6. The summed E-state index contributed by atoms with van der Waals surface area (Å²) in [6.07, 6.45) is 5.64. The fourth-order valence-electron chi connectivity index (χ4n) is 4.40. The topological polar surface area (TPSA) is 86.3 Å². The Morgan fingerprint density at radius 2 is 1.87 bits per heavy atom. The molecule has 158 valence electrons. The number of aryl methyl sites for hydroxylation is 1. The number of nitrogens with zero attached hydrogens (tertiary/aromatic N) is 7. The van der Waals surface area contributed by atoms with E-state index in [0.717, 1.165) is 86.5 Å². The summed E-state index contributed by atoms with van der Waals surface area (Å²) in [5.74, 6) is 2.78.